The number of rotatable bonds is 10. The van der Waals surface area contributed by atoms with Gasteiger partial charge in [-0.25, -0.2) is 0 Å². The fourth-order valence-electron chi connectivity index (χ4n) is 1.72. The number of benzene rings is 1. The average Bonchev–Trinajstić information content (AvgIpc) is 2.47. The van der Waals surface area contributed by atoms with Gasteiger partial charge in [-0.3, -0.25) is 0 Å². The summed E-state index contributed by atoms with van der Waals surface area (Å²) in [7, 11) is 3.22. The first-order valence-electron chi connectivity index (χ1n) is 6.82. The largest absolute Gasteiger partial charge is 0.496 e. The fourth-order valence-corrected chi connectivity index (χ4v) is 1.72. The third-order valence-electron chi connectivity index (χ3n) is 2.65. The van der Waals surface area contributed by atoms with Crippen molar-refractivity contribution in [1.82, 2.24) is 0 Å². The Morgan fingerprint density at radius 1 is 0.850 bits per heavy atom. The van der Waals surface area contributed by atoms with Crippen molar-refractivity contribution in [2.45, 2.75) is 26.6 Å². The Balaban J connectivity index is 2.51. The number of hydrogen-bond donors (Lipinski definition) is 0. The molecule has 0 amide bonds. The van der Waals surface area contributed by atoms with Gasteiger partial charge >= 0.3 is 0 Å². The summed E-state index contributed by atoms with van der Waals surface area (Å²) in [6.45, 7) is 5.63. The second-order valence-electron chi connectivity index (χ2n) is 4.03. The van der Waals surface area contributed by atoms with E-state index in [-0.39, 0.29) is 6.29 Å². The maximum atomic E-state index is 5.69. The highest BCUT2D eigenvalue weighted by Gasteiger charge is 2.09. The lowest BCUT2D eigenvalue weighted by molar-refractivity contribution is -0.142. The maximum absolute atomic E-state index is 5.69. The molecule has 0 aliphatic heterocycles. The molecule has 0 radical (unpaired) electrons. The van der Waals surface area contributed by atoms with Gasteiger partial charge in [0.2, 0.25) is 0 Å². The minimum atomic E-state index is -0.225. The molecule has 0 heterocycles. The van der Waals surface area contributed by atoms with Crippen LogP contribution in [0, 0.1) is 0 Å². The SMILES string of the molecule is CCOC(CCOc1cc(OC)cc(OC)c1)OCC. The molecule has 20 heavy (non-hydrogen) atoms. The first-order valence-corrected chi connectivity index (χ1v) is 6.82. The van der Waals surface area contributed by atoms with Crippen molar-refractivity contribution < 1.29 is 23.7 Å². The van der Waals surface area contributed by atoms with Crippen LogP contribution in [-0.4, -0.2) is 40.3 Å². The van der Waals surface area contributed by atoms with Gasteiger partial charge in [-0.1, -0.05) is 0 Å². The molecule has 1 rings (SSSR count). The Bertz CT molecular complexity index is 352. The summed E-state index contributed by atoms with van der Waals surface area (Å²) in [5, 5.41) is 0. The van der Waals surface area contributed by atoms with Crippen molar-refractivity contribution >= 4 is 0 Å². The van der Waals surface area contributed by atoms with Gasteiger partial charge in [-0.2, -0.15) is 0 Å². The smallest absolute Gasteiger partial charge is 0.160 e. The minimum Gasteiger partial charge on any atom is -0.496 e. The molecule has 0 spiro atoms. The van der Waals surface area contributed by atoms with E-state index >= 15 is 0 Å². The molecular formula is C15H24O5. The Morgan fingerprint density at radius 3 is 1.80 bits per heavy atom. The van der Waals surface area contributed by atoms with Gasteiger partial charge in [-0.05, 0) is 13.8 Å². The van der Waals surface area contributed by atoms with E-state index in [0.29, 0.717) is 43.5 Å². The summed E-state index contributed by atoms with van der Waals surface area (Å²) in [5.41, 5.74) is 0. The molecule has 0 saturated heterocycles. The Kier molecular flexibility index (Phi) is 7.84. The zero-order chi connectivity index (χ0) is 14.8. The number of methoxy groups -OCH3 is 2. The zero-order valence-corrected chi connectivity index (χ0v) is 12.7. The van der Waals surface area contributed by atoms with Crippen molar-refractivity contribution in [2.75, 3.05) is 34.0 Å². The van der Waals surface area contributed by atoms with Crippen LogP contribution in [-0.2, 0) is 9.47 Å². The molecule has 1 aromatic carbocycles. The zero-order valence-electron chi connectivity index (χ0n) is 12.7. The van der Waals surface area contributed by atoms with Gasteiger partial charge < -0.3 is 23.7 Å². The van der Waals surface area contributed by atoms with Crippen LogP contribution in [0.15, 0.2) is 18.2 Å². The van der Waals surface area contributed by atoms with E-state index in [4.69, 9.17) is 23.7 Å². The molecule has 5 heteroatoms. The van der Waals surface area contributed by atoms with Crippen molar-refractivity contribution in [3.8, 4) is 17.2 Å². The van der Waals surface area contributed by atoms with Crippen molar-refractivity contribution in [2.24, 2.45) is 0 Å². The maximum Gasteiger partial charge on any atom is 0.160 e. The molecular weight excluding hydrogens is 260 g/mol. The highest BCUT2D eigenvalue weighted by molar-refractivity contribution is 5.41. The standard InChI is InChI=1S/C15H24O5/c1-5-18-15(19-6-2)7-8-20-14-10-12(16-3)9-13(11-14)17-4/h9-11,15H,5-8H2,1-4H3. The predicted octanol–water partition coefficient (Wildman–Crippen LogP) is 2.87. The topological polar surface area (TPSA) is 46.2 Å². The van der Waals surface area contributed by atoms with Crippen LogP contribution >= 0.6 is 0 Å². The summed E-state index contributed by atoms with van der Waals surface area (Å²) in [5.74, 6) is 2.10. The van der Waals surface area contributed by atoms with Crippen LogP contribution in [0.3, 0.4) is 0 Å². The fraction of sp³-hybridized carbons (Fsp3) is 0.600. The van der Waals surface area contributed by atoms with Crippen LogP contribution < -0.4 is 14.2 Å². The third-order valence-corrected chi connectivity index (χ3v) is 2.65. The van der Waals surface area contributed by atoms with E-state index in [0.717, 1.165) is 0 Å². The van der Waals surface area contributed by atoms with E-state index in [1.165, 1.54) is 0 Å². The second kappa shape index (κ2) is 9.44. The summed E-state index contributed by atoms with van der Waals surface area (Å²) in [6, 6.07) is 5.44. The quantitative estimate of drug-likeness (QED) is 0.618. The monoisotopic (exact) mass is 284 g/mol. The Labute approximate surface area is 120 Å². The summed E-state index contributed by atoms with van der Waals surface area (Å²) in [6.07, 6.45) is 0.443. The molecule has 0 bridgehead atoms. The van der Waals surface area contributed by atoms with E-state index in [1.54, 1.807) is 20.3 Å². The lowest BCUT2D eigenvalue weighted by Crippen LogP contribution is -2.20. The van der Waals surface area contributed by atoms with Crippen LogP contribution in [0.5, 0.6) is 17.2 Å². The lowest BCUT2D eigenvalue weighted by Gasteiger charge is -2.17. The van der Waals surface area contributed by atoms with Gasteiger partial charge in [0, 0.05) is 37.8 Å². The Morgan fingerprint density at radius 2 is 1.35 bits per heavy atom. The summed E-state index contributed by atoms with van der Waals surface area (Å²) < 4.78 is 27.0. The number of hydrogen-bond acceptors (Lipinski definition) is 5. The van der Waals surface area contributed by atoms with E-state index in [1.807, 2.05) is 26.0 Å². The predicted molar refractivity (Wildman–Crippen MR) is 76.7 cm³/mol. The molecule has 114 valence electrons. The van der Waals surface area contributed by atoms with Gasteiger partial charge in [0.1, 0.15) is 17.2 Å². The van der Waals surface area contributed by atoms with Gasteiger partial charge in [0.25, 0.3) is 0 Å². The molecule has 0 saturated carbocycles. The minimum absolute atomic E-state index is 0.225. The molecule has 0 atom stereocenters. The van der Waals surface area contributed by atoms with E-state index in [9.17, 15) is 0 Å². The first-order chi connectivity index (χ1) is 9.73. The van der Waals surface area contributed by atoms with Crippen molar-refractivity contribution in [3.05, 3.63) is 18.2 Å². The molecule has 0 aliphatic rings. The summed E-state index contributed by atoms with van der Waals surface area (Å²) in [4.78, 5) is 0. The van der Waals surface area contributed by atoms with Gasteiger partial charge in [-0.15, -0.1) is 0 Å². The Hall–Kier alpha value is -1.46. The molecule has 0 aliphatic carbocycles. The van der Waals surface area contributed by atoms with Crippen LogP contribution in [0.2, 0.25) is 0 Å². The number of ether oxygens (including phenoxy) is 5. The van der Waals surface area contributed by atoms with Crippen molar-refractivity contribution in [3.63, 3.8) is 0 Å². The molecule has 0 unspecified atom stereocenters. The van der Waals surface area contributed by atoms with Gasteiger partial charge in [0.05, 0.1) is 20.8 Å². The highest BCUT2D eigenvalue weighted by atomic mass is 16.7. The average molecular weight is 284 g/mol. The van der Waals surface area contributed by atoms with Crippen LogP contribution in [0.1, 0.15) is 20.3 Å². The highest BCUT2D eigenvalue weighted by Crippen LogP contribution is 2.27. The normalized spacial score (nSPS) is 10.7. The van der Waals surface area contributed by atoms with Gasteiger partial charge in [0.15, 0.2) is 6.29 Å². The van der Waals surface area contributed by atoms with E-state index < -0.39 is 0 Å². The van der Waals surface area contributed by atoms with Crippen LogP contribution in [0.25, 0.3) is 0 Å². The summed E-state index contributed by atoms with van der Waals surface area (Å²) >= 11 is 0. The van der Waals surface area contributed by atoms with Crippen molar-refractivity contribution in [1.29, 1.82) is 0 Å². The molecule has 0 N–H and O–H groups in total. The van der Waals surface area contributed by atoms with Crippen LogP contribution in [0.4, 0.5) is 0 Å². The third kappa shape index (κ3) is 5.67. The lowest BCUT2D eigenvalue weighted by atomic mass is 10.3. The second-order valence-corrected chi connectivity index (χ2v) is 4.03. The first kappa shape index (κ1) is 16.6. The molecule has 1 aromatic rings. The van der Waals surface area contributed by atoms with E-state index in [2.05, 4.69) is 0 Å². The molecule has 0 fully saturated rings. The molecule has 0 aromatic heterocycles. The molecule has 5 nitrogen and oxygen atoms in total.